The van der Waals surface area contributed by atoms with E-state index in [2.05, 4.69) is 0 Å². The number of non-ortho nitro benzene ring substituents is 1. The Morgan fingerprint density at radius 1 is 1.57 bits per heavy atom. The minimum absolute atomic E-state index is 0.107. The highest BCUT2D eigenvalue weighted by Crippen LogP contribution is 2.25. The maximum atomic E-state index is 10.4. The quantitative estimate of drug-likeness (QED) is 0.472. The van der Waals surface area contributed by atoms with Gasteiger partial charge in [-0.05, 0) is 18.6 Å². The van der Waals surface area contributed by atoms with Crippen molar-refractivity contribution in [2.75, 3.05) is 12.4 Å². The van der Waals surface area contributed by atoms with Crippen LogP contribution in [0.15, 0.2) is 23.1 Å². The molecule has 0 radical (unpaired) electrons. The molecule has 0 aliphatic rings. The van der Waals surface area contributed by atoms with Crippen molar-refractivity contribution in [3.8, 4) is 0 Å². The second kappa shape index (κ2) is 4.97. The molecule has 1 N–H and O–H groups in total. The van der Waals surface area contributed by atoms with Crippen molar-refractivity contribution in [3.63, 3.8) is 0 Å². The molecule has 5 heteroatoms. The molecule has 1 aromatic carbocycles. The van der Waals surface area contributed by atoms with Crippen LogP contribution in [0.4, 0.5) is 5.69 Å². The molecular weight excluding hydrogens is 202 g/mol. The lowest BCUT2D eigenvalue weighted by Crippen LogP contribution is -1.91. The van der Waals surface area contributed by atoms with Crippen molar-refractivity contribution in [3.05, 3.63) is 33.9 Å². The summed E-state index contributed by atoms with van der Waals surface area (Å²) >= 11 is 1.49. The molecule has 76 valence electrons. The van der Waals surface area contributed by atoms with Gasteiger partial charge in [0.05, 0.1) is 11.5 Å². The maximum Gasteiger partial charge on any atom is 0.269 e. The highest BCUT2D eigenvalue weighted by Gasteiger charge is 2.07. The molecular formula is C9H11NO3S. The normalized spacial score (nSPS) is 10.1. The second-order valence-electron chi connectivity index (χ2n) is 2.78. The molecule has 0 bridgehead atoms. The molecule has 0 saturated carbocycles. The molecule has 0 unspecified atom stereocenters. The van der Waals surface area contributed by atoms with E-state index in [0.717, 1.165) is 10.5 Å². The van der Waals surface area contributed by atoms with Gasteiger partial charge in [0.2, 0.25) is 0 Å². The van der Waals surface area contributed by atoms with E-state index in [-0.39, 0.29) is 12.3 Å². The number of nitro groups is 1. The van der Waals surface area contributed by atoms with Crippen molar-refractivity contribution in [2.45, 2.75) is 11.8 Å². The average molecular weight is 213 g/mol. The van der Waals surface area contributed by atoms with Crippen molar-refractivity contribution in [1.29, 1.82) is 0 Å². The largest absolute Gasteiger partial charge is 0.396 e. The molecule has 0 heterocycles. The number of hydrogen-bond acceptors (Lipinski definition) is 4. The number of rotatable bonds is 4. The first-order chi connectivity index (χ1) is 6.65. The second-order valence-corrected chi connectivity index (χ2v) is 3.92. The van der Waals surface area contributed by atoms with Gasteiger partial charge in [-0.25, -0.2) is 0 Å². The molecule has 14 heavy (non-hydrogen) atoms. The molecule has 0 saturated heterocycles. The van der Waals surface area contributed by atoms with Crippen molar-refractivity contribution in [2.24, 2.45) is 0 Å². The number of hydrogen-bond donors (Lipinski definition) is 1. The fourth-order valence-corrected chi connectivity index (χ4v) is 1.83. The number of benzene rings is 1. The molecule has 0 aliphatic heterocycles. The van der Waals surface area contributed by atoms with Gasteiger partial charge in [0, 0.05) is 22.8 Å². The van der Waals surface area contributed by atoms with Crippen LogP contribution >= 0.6 is 11.8 Å². The summed E-state index contributed by atoms with van der Waals surface area (Å²) in [7, 11) is 0. The van der Waals surface area contributed by atoms with Crippen LogP contribution in [0, 0.1) is 17.0 Å². The van der Waals surface area contributed by atoms with Crippen LogP contribution in [-0.2, 0) is 0 Å². The predicted molar refractivity (Wildman–Crippen MR) is 55.6 cm³/mol. The van der Waals surface area contributed by atoms with Gasteiger partial charge in [-0.2, -0.15) is 0 Å². The van der Waals surface area contributed by atoms with Crippen molar-refractivity contribution < 1.29 is 10.0 Å². The summed E-state index contributed by atoms with van der Waals surface area (Å²) in [6, 6.07) is 4.74. The van der Waals surface area contributed by atoms with Gasteiger partial charge in [-0.15, -0.1) is 11.8 Å². The lowest BCUT2D eigenvalue weighted by Gasteiger charge is -2.03. The number of aliphatic hydroxyl groups excluding tert-OH is 1. The number of nitrogens with zero attached hydrogens (tertiary/aromatic N) is 1. The van der Waals surface area contributed by atoms with Gasteiger partial charge >= 0.3 is 0 Å². The summed E-state index contributed by atoms with van der Waals surface area (Å²) in [6.45, 7) is 1.94. The third-order valence-electron chi connectivity index (χ3n) is 1.72. The lowest BCUT2D eigenvalue weighted by molar-refractivity contribution is -0.385. The monoisotopic (exact) mass is 213 g/mol. The third kappa shape index (κ3) is 2.71. The fourth-order valence-electron chi connectivity index (χ4n) is 1.06. The minimum Gasteiger partial charge on any atom is -0.396 e. The molecule has 0 spiro atoms. The first-order valence-electron chi connectivity index (χ1n) is 4.14. The van der Waals surface area contributed by atoms with E-state index in [1.54, 1.807) is 12.1 Å². The zero-order chi connectivity index (χ0) is 10.6. The van der Waals surface area contributed by atoms with Gasteiger partial charge in [0.1, 0.15) is 0 Å². The van der Waals surface area contributed by atoms with E-state index in [9.17, 15) is 10.1 Å². The van der Waals surface area contributed by atoms with Gasteiger partial charge in [0.25, 0.3) is 5.69 Å². The average Bonchev–Trinajstić information content (AvgIpc) is 2.15. The molecule has 0 aliphatic carbocycles. The SMILES string of the molecule is Cc1cc([N+](=O)[O-])ccc1SCCO. The highest BCUT2D eigenvalue weighted by atomic mass is 32.2. The third-order valence-corrected chi connectivity index (χ3v) is 2.87. The zero-order valence-electron chi connectivity index (χ0n) is 7.77. The van der Waals surface area contributed by atoms with E-state index < -0.39 is 4.92 Å². The first-order valence-corrected chi connectivity index (χ1v) is 5.12. The molecule has 1 rings (SSSR count). The minimum atomic E-state index is -0.409. The van der Waals surface area contributed by atoms with Crippen LogP contribution in [0.5, 0.6) is 0 Å². The number of nitro benzene ring substituents is 1. The van der Waals surface area contributed by atoms with Crippen LogP contribution in [0.25, 0.3) is 0 Å². The Morgan fingerprint density at radius 3 is 2.79 bits per heavy atom. The van der Waals surface area contributed by atoms with Crippen LogP contribution in [-0.4, -0.2) is 22.4 Å². The molecule has 0 fully saturated rings. The molecule has 0 amide bonds. The van der Waals surface area contributed by atoms with Gasteiger partial charge in [-0.1, -0.05) is 0 Å². The maximum absolute atomic E-state index is 10.4. The van der Waals surface area contributed by atoms with Gasteiger partial charge in [0.15, 0.2) is 0 Å². The summed E-state index contributed by atoms with van der Waals surface area (Å²) in [5.41, 5.74) is 0.980. The smallest absolute Gasteiger partial charge is 0.269 e. The van der Waals surface area contributed by atoms with E-state index in [4.69, 9.17) is 5.11 Å². The molecule has 0 atom stereocenters. The highest BCUT2D eigenvalue weighted by molar-refractivity contribution is 7.99. The summed E-state index contributed by atoms with van der Waals surface area (Å²) in [6.07, 6.45) is 0. The van der Waals surface area contributed by atoms with Crippen LogP contribution in [0.1, 0.15) is 5.56 Å². The molecule has 0 aromatic heterocycles. The number of thioether (sulfide) groups is 1. The van der Waals surface area contributed by atoms with Crippen molar-refractivity contribution >= 4 is 17.4 Å². The lowest BCUT2D eigenvalue weighted by atomic mass is 10.2. The topological polar surface area (TPSA) is 63.4 Å². The van der Waals surface area contributed by atoms with E-state index >= 15 is 0 Å². The summed E-state index contributed by atoms with van der Waals surface area (Å²) in [5, 5.41) is 19.1. The number of aryl methyl sites for hydroxylation is 1. The Bertz CT molecular complexity index is 341. The Balaban J connectivity index is 2.84. The van der Waals surface area contributed by atoms with Crippen LogP contribution in [0.2, 0.25) is 0 Å². The van der Waals surface area contributed by atoms with Crippen molar-refractivity contribution in [1.82, 2.24) is 0 Å². The van der Waals surface area contributed by atoms with Gasteiger partial charge in [-0.3, -0.25) is 10.1 Å². The molecule has 4 nitrogen and oxygen atoms in total. The zero-order valence-corrected chi connectivity index (χ0v) is 8.58. The van der Waals surface area contributed by atoms with Crippen LogP contribution in [0.3, 0.4) is 0 Å². The summed E-state index contributed by atoms with van der Waals surface area (Å²) < 4.78 is 0. The first kappa shape index (κ1) is 11.0. The van der Waals surface area contributed by atoms with E-state index in [1.807, 2.05) is 6.92 Å². The Kier molecular flexibility index (Phi) is 3.91. The van der Waals surface area contributed by atoms with Gasteiger partial charge < -0.3 is 5.11 Å². The standard InChI is InChI=1S/C9H11NO3S/c1-7-6-8(10(12)13)2-3-9(7)14-5-4-11/h2-3,6,11H,4-5H2,1H3. The number of aliphatic hydroxyl groups is 1. The Morgan fingerprint density at radius 2 is 2.29 bits per heavy atom. The van der Waals surface area contributed by atoms with E-state index in [1.165, 1.54) is 17.8 Å². The molecule has 1 aromatic rings. The Hall–Kier alpha value is -1.07. The predicted octanol–water partition coefficient (Wildman–Crippen LogP) is 1.99. The van der Waals surface area contributed by atoms with Crippen LogP contribution < -0.4 is 0 Å². The fraction of sp³-hybridized carbons (Fsp3) is 0.333. The summed E-state index contributed by atoms with van der Waals surface area (Å²) in [5.74, 6) is 0.610. The summed E-state index contributed by atoms with van der Waals surface area (Å²) in [4.78, 5) is 11.0. The Labute approximate surface area is 86.1 Å². The van der Waals surface area contributed by atoms with E-state index in [0.29, 0.717) is 5.75 Å².